The largest absolute Gasteiger partial charge is 0.319 e. The molecule has 0 saturated heterocycles. The number of rotatable bonds is 5. The monoisotopic (exact) mass is 268 g/mol. The fraction of sp³-hybridized carbons (Fsp3) is 0.333. The molecule has 0 unspecified atom stereocenters. The maximum Gasteiger partial charge on any atom is 0.142 e. The summed E-state index contributed by atoms with van der Waals surface area (Å²) in [5.74, 6) is -0.374. The van der Waals surface area contributed by atoms with Gasteiger partial charge in [0, 0.05) is 19.6 Å². The van der Waals surface area contributed by atoms with Gasteiger partial charge in [-0.05, 0) is 24.7 Å². The van der Waals surface area contributed by atoms with Crippen molar-refractivity contribution >= 4 is 11.6 Å². The van der Waals surface area contributed by atoms with Gasteiger partial charge in [0.15, 0.2) is 0 Å². The van der Waals surface area contributed by atoms with E-state index in [1.165, 1.54) is 6.07 Å². The summed E-state index contributed by atoms with van der Waals surface area (Å²) in [5.41, 5.74) is 0.906. The molecule has 0 radical (unpaired) electrons. The highest BCUT2D eigenvalue weighted by atomic mass is 35.5. The van der Waals surface area contributed by atoms with Gasteiger partial charge in [-0.1, -0.05) is 17.7 Å². The zero-order valence-corrected chi connectivity index (χ0v) is 10.8. The van der Waals surface area contributed by atoms with Crippen molar-refractivity contribution in [2.24, 2.45) is 0 Å². The van der Waals surface area contributed by atoms with Crippen LogP contribution in [0.4, 0.5) is 4.39 Å². The Morgan fingerprint density at radius 1 is 1.33 bits per heavy atom. The van der Waals surface area contributed by atoms with Gasteiger partial charge in [-0.25, -0.2) is 4.39 Å². The summed E-state index contributed by atoms with van der Waals surface area (Å²) in [6.45, 7) is 2.32. The lowest BCUT2D eigenvalue weighted by Crippen LogP contribution is -2.22. The second-order valence-electron chi connectivity index (χ2n) is 4.19. The van der Waals surface area contributed by atoms with Crippen LogP contribution in [0.3, 0.4) is 0 Å². The SMILES string of the molecule is CN(CCn1cnnc1)Cc1ccc(Cl)c(F)c1. The molecule has 0 fully saturated rings. The molecule has 18 heavy (non-hydrogen) atoms. The van der Waals surface area contributed by atoms with Crippen LogP contribution < -0.4 is 0 Å². The number of hydrogen-bond donors (Lipinski definition) is 0. The predicted octanol–water partition coefficient (Wildman–Crippen LogP) is 2.20. The molecule has 0 spiro atoms. The highest BCUT2D eigenvalue weighted by Crippen LogP contribution is 2.16. The van der Waals surface area contributed by atoms with Crippen molar-refractivity contribution in [2.75, 3.05) is 13.6 Å². The van der Waals surface area contributed by atoms with Crippen LogP contribution in [-0.4, -0.2) is 33.3 Å². The maximum absolute atomic E-state index is 13.3. The van der Waals surface area contributed by atoms with Crippen LogP contribution in [0.25, 0.3) is 0 Å². The zero-order chi connectivity index (χ0) is 13.0. The second-order valence-corrected chi connectivity index (χ2v) is 4.59. The standard InChI is InChI=1S/C12H14ClFN4/c1-17(4-5-18-8-15-16-9-18)7-10-2-3-11(13)12(14)6-10/h2-3,6,8-9H,4-5,7H2,1H3. The minimum absolute atomic E-state index is 0.158. The van der Waals surface area contributed by atoms with Crippen LogP contribution in [0, 0.1) is 5.82 Å². The van der Waals surface area contributed by atoms with E-state index < -0.39 is 0 Å². The second kappa shape index (κ2) is 5.93. The van der Waals surface area contributed by atoms with Crippen molar-refractivity contribution in [1.82, 2.24) is 19.7 Å². The van der Waals surface area contributed by atoms with E-state index in [2.05, 4.69) is 15.1 Å². The van der Waals surface area contributed by atoms with Crippen molar-refractivity contribution in [3.63, 3.8) is 0 Å². The summed E-state index contributed by atoms with van der Waals surface area (Å²) < 4.78 is 15.2. The molecular weight excluding hydrogens is 255 g/mol. The molecule has 0 saturated carbocycles. The Bertz CT molecular complexity index is 501. The van der Waals surface area contributed by atoms with E-state index in [1.807, 2.05) is 17.7 Å². The van der Waals surface area contributed by atoms with Crippen molar-refractivity contribution in [1.29, 1.82) is 0 Å². The van der Waals surface area contributed by atoms with Gasteiger partial charge in [0.1, 0.15) is 18.5 Å². The van der Waals surface area contributed by atoms with E-state index in [-0.39, 0.29) is 10.8 Å². The minimum atomic E-state index is -0.374. The predicted molar refractivity (Wildman–Crippen MR) is 67.8 cm³/mol. The first kappa shape index (κ1) is 13.0. The maximum atomic E-state index is 13.3. The first-order valence-electron chi connectivity index (χ1n) is 5.60. The Morgan fingerprint density at radius 2 is 2.06 bits per heavy atom. The normalized spacial score (nSPS) is 11.1. The molecule has 1 aromatic heterocycles. The molecule has 0 amide bonds. The fourth-order valence-corrected chi connectivity index (χ4v) is 1.77. The van der Waals surface area contributed by atoms with Gasteiger partial charge in [0.05, 0.1) is 5.02 Å². The van der Waals surface area contributed by atoms with Crippen molar-refractivity contribution in [3.8, 4) is 0 Å². The van der Waals surface area contributed by atoms with Crippen LogP contribution in [0.5, 0.6) is 0 Å². The lowest BCUT2D eigenvalue weighted by atomic mass is 10.2. The van der Waals surface area contributed by atoms with Crippen LogP contribution in [0.1, 0.15) is 5.56 Å². The molecule has 1 aromatic carbocycles. The summed E-state index contributed by atoms with van der Waals surface area (Å²) in [5, 5.41) is 7.63. The molecule has 0 aliphatic carbocycles. The quantitative estimate of drug-likeness (QED) is 0.834. The smallest absolute Gasteiger partial charge is 0.142 e. The van der Waals surface area contributed by atoms with Gasteiger partial charge in [0.2, 0.25) is 0 Å². The average Bonchev–Trinajstić information content (AvgIpc) is 2.84. The molecule has 2 rings (SSSR count). The molecule has 0 bridgehead atoms. The molecule has 0 atom stereocenters. The number of hydrogen-bond acceptors (Lipinski definition) is 3. The minimum Gasteiger partial charge on any atom is -0.319 e. The van der Waals surface area contributed by atoms with Crippen LogP contribution >= 0.6 is 11.6 Å². The highest BCUT2D eigenvalue weighted by Gasteiger charge is 2.04. The number of aromatic nitrogens is 3. The highest BCUT2D eigenvalue weighted by molar-refractivity contribution is 6.30. The van der Waals surface area contributed by atoms with Crippen molar-refractivity contribution in [3.05, 3.63) is 47.3 Å². The van der Waals surface area contributed by atoms with Crippen molar-refractivity contribution < 1.29 is 4.39 Å². The van der Waals surface area contributed by atoms with Gasteiger partial charge in [-0.15, -0.1) is 10.2 Å². The van der Waals surface area contributed by atoms with E-state index >= 15 is 0 Å². The number of halogens is 2. The summed E-state index contributed by atoms with van der Waals surface area (Å²) in [7, 11) is 1.98. The van der Waals surface area contributed by atoms with Gasteiger partial charge in [0.25, 0.3) is 0 Å². The summed E-state index contributed by atoms with van der Waals surface area (Å²) in [4.78, 5) is 2.10. The molecule has 4 nitrogen and oxygen atoms in total. The molecule has 96 valence electrons. The molecular formula is C12H14ClFN4. The first-order valence-corrected chi connectivity index (χ1v) is 5.98. The third-order valence-electron chi connectivity index (χ3n) is 2.64. The molecule has 1 heterocycles. The Kier molecular flexibility index (Phi) is 4.28. The number of nitrogens with zero attached hydrogens (tertiary/aromatic N) is 4. The van der Waals surface area contributed by atoms with E-state index in [1.54, 1.807) is 18.7 Å². The fourth-order valence-electron chi connectivity index (χ4n) is 1.65. The Labute approximate surface area is 110 Å². The molecule has 0 N–H and O–H groups in total. The van der Waals surface area contributed by atoms with Crippen molar-refractivity contribution in [2.45, 2.75) is 13.1 Å². The summed E-state index contributed by atoms with van der Waals surface area (Å²) in [6, 6.07) is 4.89. The zero-order valence-electron chi connectivity index (χ0n) is 10.1. The van der Waals surface area contributed by atoms with E-state index in [0.29, 0.717) is 6.54 Å². The molecule has 0 aliphatic heterocycles. The van der Waals surface area contributed by atoms with Crippen LogP contribution in [-0.2, 0) is 13.1 Å². The Balaban J connectivity index is 1.86. The lowest BCUT2D eigenvalue weighted by Gasteiger charge is -2.16. The summed E-state index contributed by atoms with van der Waals surface area (Å²) >= 11 is 5.64. The van der Waals surface area contributed by atoms with E-state index in [4.69, 9.17) is 11.6 Å². The van der Waals surface area contributed by atoms with Gasteiger partial charge in [-0.2, -0.15) is 0 Å². The Hall–Kier alpha value is -1.46. The van der Waals surface area contributed by atoms with Gasteiger partial charge >= 0.3 is 0 Å². The third kappa shape index (κ3) is 3.51. The van der Waals surface area contributed by atoms with Crippen LogP contribution in [0.15, 0.2) is 30.9 Å². The lowest BCUT2D eigenvalue weighted by molar-refractivity contribution is 0.311. The number of benzene rings is 1. The van der Waals surface area contributed by atoms with E-state index in [9.17, 15) is 4.39 Å². The molecule has 0 aliphatic rings. The van der Waals surface area contributed by atoms with Crippen LogP contribution in [0.2, 0.25) is 5.02 Å². The average molecular weight is 269 g/mol. The first-order chi connectivity index (χ1) is 8.65. The molecule has 6 heteroatoms. The Morgan fingerprint density at radius 3 is 2.72 bits per heavy atom. The third-order valence-corrected chi connectivity index (χ3v) is 2.95. The van der Waals surface area contributed by atoms with Gasteiger partial charge in [-0.3, -0.25) is 0 Å². The van der Waals surface area contributed by atoms with Gasteiger partial charge < -0.3 is 9.47 Å². The summed E-state index contributed by atoms with van der Waals surface area (Å²) in [6.07, 6.45) is 3.35. The number of likely N-dealkylation sites (N-methyl/N-ethyl adjacent to an activating group) is 1. The topological polar surface area (TPSA) is 34.0 Å². The van der Waals surface area contributed by atoms with E-state index in [0.717, 1.165) is 18.7 Å². The molecule has 2 aromatic rings.